The van der Waals surface area contributed by atoms with Crippen molar-refractivity contribution in [3.63, 3.8) is 0 Å². The summed E-state index contributed by atoms with van der Waals surface area (Å²) in [7, 11) is 2.21. The van der Waals surface area contributed by atoms with Crippen molar-refractivity contribution in [2.75, 3.05) is 45.1 Å². The molecule has 122 valence electrons. The fourth-order valence-electron chi connectivity index (χ4n) is 3.35. The van der Waals surface area contributed by atoms with Crippen molar-refractivity contribution in [3.8, 4) is 5.75 Å². The second-order valence-corrected chi connectivity index (χ2v) is 6.75. The molecule has 1 saturated heterocycles. The Kier molecular flexibility index (Phi) is 4.89. The zero-order valence-electron chi connectivity index (χ0n) is 14.1. The lowest BCUT2D eigenvalue weighted by Crippen LogP contribution is -2.48. The highest BCUT2D eigenvalue weighted by atomic mass is 16.5. The number of hydrogen-bond acceptors (Lipinski definition) is 4. The van der Waals surface area contributed by atoms with Crippen LogP contribution in [0, 0.1) is 0 Å². The van der Waals surface area contributed by atoms with Crippen LogP contribution in [0.5, 0.6) is 5.75 Å². The van der Waals surface area contributed by atoms with Crippen LogP contribution in [0.15, 0.2) is 18.2 Å². The molecule has 2 aliphatic heterocycles. The Morgan fingerprint density at radius 3 is 2.77 bits per heavy atom. The zero-order valence-corrected chi connectivity index (χ0v) is 14.1. The molecule has 22 heavy (non-hydrogen) atoms. The molecule has 2 aliphatic rings. The Bertz CT molecular complexity index is 497. The van der Waals surface area contributed by atoms with Crippen LogP contribution < -0.4 is 10.1 Å². The normalized spacial score (nSPS) is 24.2. The molecule has 2 unspecified atom stereocenters. The molecule has 0 bridgehead atoms. The third-order valence-corrected chi connectivity index (χ3v) is 5.01. The van der Waals surface area contributed by atoms with E-state index in [1.165, 1.54) is 31.7 Å². The van der Waals surface area contributed by atoms with E-state index in [0.29, 0.717) is 12.1 Å². The third kappa shape index (κ3) is 3.55. The number of fused-ring (bicyclic) bond motifs is 1. The van der Waals surface area contributed by atoms with E-state index in [2.05, 4.69) is 54.2 Å². The van der Waals surface area contributed by atoms with Gasteiger partial charge in [0.2, 0.25) is 0 Å². The highest BCUT2D eigenvalue weighted by Crippen LogP contribution is 2.31. The van der Waals surface area contributed by atoms with Gasteiger partial charge >= 0.3 is 0 Å². The second-order valence-electron chi connectivity index (χ2n) is 6.75. The number of ether oxygens (including phenoxy) is 1. The first-order chi connectivity index (χ1) is 10.7. The highest BCUT2D eigenvalue weighted by Gasteiger charge is 2.21. The van der Waals surface area contributed by atoms with Gasteiger partial charge in [0.1, 0.15) is 11.9 Å². The van der Waals surface area contributed by atoms with E-state index < -0.39 is 0 Å². The summed E-state index contributed by atoms with van der Waals surface area (Å²) in [6.07, 6.45) is 2.47. The van der Waals surface area contributed by atoms with Gasteiger partial charge in [0.15, 0.2) is 0 Å². The predicted octanol–water partition coefficient (Wildman–Crippen LogP) is 2.45. The lowest BCUT2D eigenvalue weighted by molar-refractivity contribution is 0.118. The van der Waals surface area contributed by atoms with Crippen molar-refractivity contribution >= 4 is 5.69 Å². The summed E-state index contributed by atoms with van der Waals surface area (Å²) in [5.74, 6) is 1.01. The molecular weight excluding hydrogens is 274 g/mol. The van der Waals surface area contributed by atoms with Gasteiger partial charge in [0, 0.05) is 32.2 Å². The van der Waals surface area contributed by atoms with E-state index in [9.17, 15) is 0 Å². The van der Waals surface area contributed by atoms with Crippen LogP contribution in [0.3, 0.4) is 0 Å². The number of likely N-dealkylation sites (N-methyl/N-ethyl adjacent to an activating group) is 1. The first-order valence-electron chi connectivity index (χ1n) is 8.61. The molecular formula is C18H29N3O. The summed E-state index contributed by atoms with van der Waals surface area (Å²) in [5, 5.41) is 3.52. The van der Waals surface area contributed by atoms with E-state index in [-0.39, 0.29) is 0 Å². The van der Waals surface area contributed by atoms with Crippen LogP contribution in [-0.2, 0) is 6.42 Å². The molecule has 0 saturated carbocycles. The van der Waals surface area contributed by atoms with Gasteiger partial charge in [-0.05, 0) is 44.5 Å². The minimum atomic E-state index is 0.308. The van der Waals surface area contributed by atoms with E-state index >= 15 is 0 Å². The Morgan fingerprint density at radius 2 is 2.05 bits per heavy atom. The van der Waals surface area contributed by atoms with Crippen LogP contribution >= 0.6 is 0 Å². The number of rotatable bonds is 4. The van der Waals surface area contributed by atoms with Crippen molar-refractivity contribution in [3.05, 3.63) is 23.8 Å². The first-order valence-corrected chi connectivity index (χ1v) is 8.61. The van der Waals surface area contributed by atoms with Gasteiger partial charge in [-0.3, -0.25) is 4.90 Å². The van der Waals surface area contributed by atoms with Gasteiger partial charge in [-0.1, -0.05) is 13.0 Å². The molecule has 0 amide bonds. The van der Waals surface area contributed by atoms with Crippen LogP contribution in [0.4, 0.5) is 5.69 Å². The number of piperazine rings is 1. The zero-order chi connectivity index (χ0) is 15.5. The monoisotopic (exact) mass is 303 g/mol. The fraction of sp³-hybridized carbons (Fsp3) is 0.667. The van der Waals surface area contributed by atoms with Crippen molar-refractivity contribution in [1.29, 1.82) is 0 Å². The minimum absolute atomic E-state index is 0.308. The van der Waals surface area contributed by atoms with Gasteiger partial charge in [-0.15, -0.1) is 0 Å². The predicted molar refractivity (Wildman–Crippen MR) is 91.9 cm³/mol. The topological polar surface area (TPSA) is 27.7 Å². The van der Waals surface area contributed by atoms with Gasteiger partial charge in [0.25, 0.3) is 0 Å². The molecule has 1 aromatic rings. The molecule has 0 aliphatic carbocycles. The van der Waals surface area contributed by atoms with Crippen molar-refractivity contribution in [2.45, 2.75) is 38.8 Å². The lowest BCUT2D eigenvalue weighted by atomic mass is 10.0. The maximum atomic E-state index is 5.99. The number of hydrogen-bond donors (Lipinski definition) is 1. The van der Waals surface area contributed by atoms with Crippen LogP contribution in [-0.4, -0.2) is 61.7 Å². The summed E-state index contributed by atoms with van der Waals surface area (Å²) >= 11 is 0. The lowest BCUT2D eigenvalue weighted by Gasteiger charge is -2.36. The molecule has 0 spiro atoms. The van der Waals surface area contributed by atoms with Gasteiger partial charge in [0.05, 0.1) is 12.2 Å². The molecule has 3 rings (SSSR count). The average molecular weight is 303 g/mol. The standard InChI is InChI=1S/C18H29N3O/c1-4-16-13-19-17-12-15(5-6-18(17)22-16)11-14(2)21-9-7-20(3)8-10-21/h5-6,12,14,16,19H,4,7-11,13H2,1-3H3. The van der Waals surface area contributed by atoms with Crippen LogP contribution in [0.2, 0.25) is 0 Å². The van der Waals surface area contributed by atoms with E-state index in [4.69, 9.17) is 4.74 Å². The maximum Gasteiger partial charge on any atom is 0.142 e. The van der Waals surface area contributed by atoms with Crippen LogP contribution in [0.1, 0.15) is 25.8 Å². The number of nitrogens with one attached hydrogen (secondary N) is 1. The molecule has 1 aromatic carbocycles. The number of anilines is 1. The molecule has 4 nitrogen and oxygen atoms in total. The summed E-state index contributed by atoms with van der Waals surface area (Å²) in [6, 6.07) is 7.23. The average Bonchev–Trinajstić information content (AvgIpc) is 2.55. The summed E-state index contributed by atoms with van der Waals surface area (Å²) < 4.78 is 5.99. The molecule has 0 radical (unpaired) electrons. The largest absolute Gasteiger partial charge is 0.486 e. The molecule has 0 aromatic heterocycles. The van der Waals surface area contributed by atoms with E-state index in [1.54, 1.807) is 0 Å². The SMILES string of the molecule is CCC1CNc2cc(CC(C)N3CCN(C)CC3)ccc2O1. The van der Waals surface area contributed by atoms with Crippen molar-refractivity contribution in [1.82, 2.24) is 9.80 Å². The quantitative estimate of drug-likeness (QED) is 0.925. The second kappa shape index (κ2) is 6.88. The summed E-state index contributed by atoms with van der Waals surface area (Å²) in [5.41, 5.74) is 2.56. The van der Waals surface area contributed by atoms with E-state index in [0.717, 1.165) is 30.8 Å². The fourth-order valence-corrected chi connectivity index (χ4v) is 3.35. The Labute approximate surface area is 134 Å². The Hall–Kier alpha value is -1.26. The Morgan fingerprint density at radius 1 is 1.27 bits per heavy atom. The number of nitrogens with zero attached hydrogens (tertiary/aromatic N) is 2. The van der Waals surface area contributed by atoms with Crippen LogP contribution in [0.25, 0.3) is 0 Å². The molecule has 2 atom stereocenters. The highest BCUT2D eigenvalue weighted by molar-refractivity contribution is 5.59. The van der Waals surface area contributed by atoms with E-state index in [1.807, 2.05) is 0 Å². The maximum absolute atomic E-state index is 5.99. The number of benzene rings is 1. The van der Waals surface area contributed by atoms with Crippen molar-refractivity contribution in [2.24, 2.45) is 0 Å². The smallest absolute Gasteiger partial charge is 0.142 e. The van der Waals surface area contributed by atoms with Gasteiger partial charge < -0.3 is 15.0 Å². The van der Waals surface area contributed by atoms with Gasteiger partial charge in [-0.2, -0.15) is 0 Å². The first kappa shape index (κ1) is 15.6. The summed E-state index contributed by atoms with van der Waals surface area (Å²) in [6.45, 7) is 10.2. The molecule has 4 heteroatoms. The summed E-state index contributed by atoms with van der Waals surface area (Å²) in [4.78, 5) is 5.02. The Balaban J connectivity index is 1.61. The molecule has 2 heterocycles. The third-order valence-electron chi connectivity index (χ3n) is 5.01. The van der Waals surface area contributed by atoms with Crippen molar-refractivity contribution < 1.29 is 4.74 Å². The molecule has 1 fully saturated rings. The van der Waals surface area contributed by atoms with Gasteiger partial charge in [-0.25, -0.2) is 0 Å². The molecule has 1 N–H and O–H groups in total. The minimum Gasteiger partial charge on any atom is -0.486 e.